The number of hydrogen-bond acceptors (Lipinski definition) is 7. The van der Waals surface area contributed by atoms with Gasteiger partial charge in [-0.15, -0.1) is 0 Å². The van der Waals surface area contributed by atoms with Gasteiger partial charge >= 0.3 is 17.6 Å². The van der Waals surface area contributed by atoms with Crippen LogP contribution in [0.2, 0.25) is 0 Å². The van der Waals surface area contributed by atoms with Crippen molar-refractivity contribution in [1.29, 1.82) is 0 Å². The molecule has 1 N–H and O–H groups in total. The first kappa shape index (κ1) is 22.4. The number of ether oxygens (including phenoxy) is 2. The van der Waals surface area contributed by atoms with E-state index in [0.29, 0.717) is 12.4 Å². The number of esters is 2. The Kier molecular flexibility index (Phi) is 8.17. The molecule has 2 aromatic heterocycles. The zero-order valence-electron chi connectivity index (χ0n) is 17.2. The molecule has 0 aliphatic rings. The number of carbonyl (C=O) groups excluding carboxylic acids is 2. The Morgan fingerprint density at radius 1 is 1.03 bits per heavy atom. The van der Waals surface area contributed by atoms with Gasteiger partial charge in [0.05, 0.1) is 19.6 Å². The van der Waals surface area contributed by atoms with Gasteiger partial charge in [0, 0.05) is 13.5 Å². The Labute approximate surface area is 167 Å². The van der Waals surface area contributed by atoms with E-state index in [9.17, 15) is 19.2 Å². The van der Waals surface area contributed by atoms with Crippen LogP contribution in [0.25, 0.3) is 11.2 Å². The van der Waals surface area contributed by atoms with Crippen molar-refractivity contribution in [3.63, 3.8) is 0 Å². The van der Waals surface area contributed by atoms with Crippen LogP contribution < -0.4 is 11.2 Å². The molecule has 10 heteroatoms. The third-order valence-electron chi connectivity index (χ3n) is 4.45. The summed E-state index contributed by atoms with van der Waals surface area (Å²) in [6.07, 6.45) is 3.53. The third kappa shape index (κ3) is 5.78. The summed E-state index contributed by atoms with van der Waals surface area (Å²) in [4.78, 5) is 54.9. The van der Waals surface area contributed by atoms with Gasteiger partial charge < -0.3 is 14.0 Å². The van der Waals surface area contributed by atoms with E-state index >= 15 is 0 Å². The van der Waals surface area contributed by atoms with Crippen molar-refractivity contribution in [3.05, 3.63) is 26.7 Å². The van der Waals surface area contributed by atoms with Crippen LogP contribution in [0.15, 0.2) is 9.59 Å². The van der Waals surface area contributed by atoms with E-state index < -0.39 is 17.2 Å². The van der Waals surface area contributed by atoms with Crippen molar-refractivity contribution in [3.8, 4) is 0 Å². The minimum Gasteiger partial charge on any atom is -0.466 e. The first-order chi connectivity index (χ1) is 13.9. The van der Waals surface area contributed by atoms with E-state index in [0.717, 1.165) is 25.7 Å². The maximum atomic E-state index is 12.4. The van der Waals surface area contributed by atoms with Crippen LogP contribution in [0.3, 0.4) is 0 Å². The van der Waals surface area contributed by atoms with Crippen LogP contribution in [0.4, 0.5) is 0 Å². The normalized spacial score (nSPS) is 11.0. The molecule has 0 bridgehead atoms. The van der Waals surface area contributed by atoms with Gasteiger partial charge in [0.1, 0.15) is 12.4 Å². The fraction of sp³-hybridized carbons (Fsp3) is 0.632. The van der Waals surface area contributed by atoms with Crippen LogP contribution in [-0.2, 0) is 39.1 Å². The number of carbonyl (C=O) groups is 2. The molecule has 0 saturated carbocycles. The lowest BCUT2D eigenvalue weighted by Crippen LogP contribution is -2.29. The number of rotatable bonds is 11. The van der Waals surface area contributed by atoms with Crippen molar-refractivity contribution in [2.75, 3.05) is 13.2 Å². The van der Waals surface area contributed by atoms with E-state index in [4.69, 9.17) is 9.47 Å². The monoisotopic (exact) mass is 408 g/mol. The average molecular weight is 408 g/mol. The lowest BCUT2D eigenvalue weighted by Gasteiger charge is -2.09. The lowest BCUT2D eigenvalue weighted by molar-refractivity contribution is -0.144. The van der Waals surface area contributed by atoms with Gasteiger partial charge in [0.25, 0.3) is 5.56 Å². The van der Waals surface area contributed by atoms with E-state index in [1.54, 1.807) is 0 Å². The second kappa shape index (κ2) is 10.6. The van der Waals surface area contributed by atoms with E-state index in [1.165, 1.54) is 16.2 Å². The number of hydrogen-bond donors (Lipinski definition) is 1. The molecule has 0 fully saturated rings. The summed E-state index contributed by atoms with van der Waals surface area (Å²) in [7, 11) is 1.47. The van der Waals surface area contributed by atoms with Gasteiger partial charge in [-0.1, -0.05) is 26.7 Å². The molecule has 0 amide bonds. The number of nitrogens with one attached hydrogen (secondary N) is 1. The van der Waals surface area contributed by atoms with Crippen molar-refractivity contribution >= 4 is 23.1 Å². The van der Waals surface area contributed by atoms with Crippen molar-refractivity contribution < 1.29 is 19.1 Å². The fourth-order valence-corrected chi connectivity index (χ4v) is 2.76. The Morgan fingerprint density at radius 3 is 2.28 bits per heavy atom. The van der Waals surface area contributed by atoms with Gasteiger partial charge in [-0.25, -0.2) is 9.78 Å². The highest BCUT2D eigenvalue weighted by molar-refractivity contribution is 5.76. The van der Waals surface area contributed by atoms with Crippen LogP contribution in [0.5, 0.6) is 0 Å². The Hall–Kier alpha value is -2.91. The predicted molar refractivity (Wildman–Crippen MR) is 106 cm³/mol. The van der Waals surface area contributed by atoms with Gasteiger partial charge in [-0.2, -0.15) is 0 Å². The number of H-pyrrole nitrogens is 1. The molecular weight excluding hydrogens is 380 g/mol. The minimum atomic E-state index is -0.645. The molecule has 160 valence electrons. The van der Waals surface area contributed by atoms with E-state index in [-0.39, 0.29) is 43.1 Å². The number of unbranched alkanes of at least 4 members (excludes halogenated alkanes) is 2. The van der Waals surface area contributed by atoms with E-state index in [1.807, 2.05) is 13.8 Å². The topological polar surface area (TPSA) is 125 Å². The molecule has 0 saturated heterocycles. The van der Waals surface area contributed by atoms with Gasteiger partial charge in [-0.05, 0) is 12.8 Å². The second-order valence-electron chi connectivity index (χ2n) is 6.75. The van der Waals surface area contributed by atoms with E-state index in [2.05, 4.69) is 9.97 Å². The van der Waals surface area contributed by atoms with Crippen molar-refractivity contribution in [1.82, 2.24) is 19.1 Å². The number of aromatic nitrogens is 4. The van der Waals surface area contributed by atoms with Gasteiger partial charge in [-0.3, -0.25) is 23.9 Å². The summed E-state index contributed by atoms with van der Waals surface area (Å²) in [5.74, 6) is -0.560. The molecule has 2 heterocycles. The van der Waals surface area contributed by atoms with Gasteiger partial charge in [0.15, 0.2) is 11.2 Å². The summed E-state index contributed by atoms with van der Waals surface area (Å²) >= 11 is 0. The third-order valence-corrected chi connectivity index (χ3v) is 4.45. The molecule has 2 aromatic rings. The minimum absolute atomic E-state index is 0.0454. The molecule has 0 aliphatic heterocycles. The number of aromatic amines is 1. The average Bonchev–Trinajstić information content (AvgIpc) is 3.04. The smallest absolute Gasteiger partial charge is 0.329 e. The lowest BCUT2D eigenvalue weighted by atomic mass is 10.3. The van der Waals surface area contributed by atoms with Crippen LogP contribution >= 0.6 is 0 Å². The molecule has 10 nitrogen and oxygen atoms in total. The maximum Gasteiger partial charge on any atom is 0.329 e. The van der Waals surface area contributed by atoms with Crippen molar-refractivity contribution in [2.24, 2.45) is 7.05 Å². The molecule has 29 heavy (non-hydrogen) atoms. The molecular formula is C19H28N4O6. The highest BCUT2D eigenvalue weighted by Gasteiger charge is 2.20. The number of fused-ring (bicyclic) bond motifs is 1. The van der Waals surface area contributed by atoms with Crippen LogP contribution in [-0.4, -0.2) is 44.3 Å². The molecule has 2 rings (SSSR count). The number of aryl methyl sites for hydroxylation is 2. The first-order valence-corrected chi connectivity index (χ1v) is 9.88. The second-order valence-corrected chi connectivity index (χ2v) is 6.75. The standard InChI is InChI=1S/C19H28N4O6/c1-4-6-10-28-14(24)9-8-13-20-17-16(18(26)21-19(27)22(17)3)23(13)12-15(25)29-11-7-5-2/h4-12H2,1-3H3,(H,21,26,27). The summed E-state index contributed by atoms with van der Waals surface area (Å²) in [6.45, 7) is 4.38. The zero-order chi connectivity index (χ0) is 21.4. The Bertz CT molecular complexity index is 971. The molecule has 0 aliphatic carbocycles. The molecule has 0 aromatic carbocycles. The number of imidazole rings is 1. The predicted octanol–water partition coefficient (Wildman–Crippen LogP) is 1.04. The molecule has 0 unspecified atom stereocenters. The van der Waals surface area contributed by atoms with Crippen LogP contribution in [0, 0.1) is 0 Å². The summed E-state index contributed by atoms with van der Waals surface area (Å²) in [6, 6.07) is 0. The fourth-order valence-electron chi connectivity index (χ4n) is 2.76. The molecule has 0 spiro atoms. The molecule has 0 atom stereocenters. The number of nitrogens with zero attached hydrogens (tertiary/aromatic N) is 3. The largest absolute Gasteiger partial charge is 0.466 e. The van der Waals surface area contributed by atoms with Crippen LogP contribution in [0.1, 0.15) is 51.8 Å². The summed E-state index contributed by atoms with van der Waals surface area (Å²) in [5, 5.41) is 0. The molecule has 0 radical (unpaired) electrons. The first-order valence-electron chi connectivity index (χ1n) is 9.88. The SMILES string of the molecule is CCCCOC(=O)CCc1nc2c(c(=O)[nH]c(=O)n2C)n1CC(=O)OCCCC. The highest BCUT2D eigenvalue weighted by Crippen LogP contribution is 2.13. The van der Waals surface area contributed by atoms with Crippen molar-refractivity contribution in [2.45, 2.75) is 58.9 Å². The summed E-state index contributed by atoms with van der Waals surface area (Å²) in [5.41, 5.74) is -1.01. The Morgan fingerprint density at radius 2 is 1.66 bits per heavy atom. The Balaban J connectivity index is 2.30. The zero-order valence-corrected chi connectivity index (χ0v) is 17.2. The van der Waals surface area contributed by atoms with Gasteiger partial charge in [0.2, 0.25) is 0 Å². The maximum absolute atomic E-state index is 12.4. The highest BCUT2D eigenvalue weighted by atomic mass is 16.5. The summed E-state index contributed by atoms with van der Waals surface area (Å²) < 4.78 is 12.9. The quantitative estimate of drug-likeness (QED) is 0.435.